The van der Waals surface area contributed by atoms with E-state index in [1.807, 2.05) is 30.3 Å². The molecule has 4 rings (SSSR count). The Hall–Kier alpha value is -2.20. The summed E-state index contributed by atoms with van der Waals surface area (Å²) < 4.78 is 0. The maximum absolute atomic E-state index is 12.1. The van der Waals surface area contributed by atoms with Crippen molar-refractivity contribution in [1.29, 1.82) is 0 Å². The van der Waals surface area contributed by atoms with E-state index in [0.29, 0.717) is 0 Å². The van der Waals surface area contributed by atoms with E-state index >= 15 is 0 Å². The molecule has 1 amide bonds. The Bertz CT molecular complexity index is 724. The molecule has 2 aliphatic carbocycles. The summed E-state index contributed by atoms with van der Waals surface area (Å²) in [5, 5.41) is 2.95. The molecule has 1 fully saturated rings. The summed E-state index contributed by atoms with van der Waals surface area (Å²) in [6, 6.07) is 10.0. The largest absolute Gasteiger partial charge is 0.323 e. The number of allylic oxidation sites excluding steroid dienone is 3. The van der Waals surface area contributed by atoms with Crippen molar-refractivity contribution in [2.75, 3.05) is 0 Å². The SMILES string of the molecule is N[C@H]1N=C(c2ccccc2)C2=CC3(CC=C2NC1=O)CCCC3. The molecule has 0 unspecified atom stereocenters. The number of rotatable bonds is 1. The Balaban J connectivity index is 1.86. The van der Waals surface area contributed by atoms with Gasteiger partial charge in [0, 0.05) is 16.8 Å². The maximum atomic E-state index is 12.1. The van der Waals surface area contributed by atoms with Gasteiger partial charge in [0.25, 0.3) is 5.91 Å². The highest BCUT2D eigenvalue weighted by Gasteiger charge is 2.37. The van der Waals surface area contributed by atoms with Crippen molar-refractivity contribution in [3.63, 3.8) is 0 Å². The summed E-state index contributed by atoms with van der Waals surface area (Å²) in [6.45, 7) is 0. The molecule has 0 radical (unpaired) electrons. The van der Waals surface area contributed by atoms with Gasteiger partial charge in [0.1, 0.15) is 0 Å². The maximum Gasteiger partial charge on any atom is 0.263 e. The summed E-state index contributed by atoms with van der Waals surface area (Å²) in [7, 11) is 0. The van der Waals surface area contributed by atoms with Gasteiger partial charge >= 0.3 is 0 Å². The topological polar surface area (TPSA) is 67.5 Å². The second-order valence-electron chi connectivity index (χ2n) is 6.73. The molecule has 1 saturated carbocycles. The Morgan fingerprint density at radius 2 is 1.91 bits per heavy atom. The fourth-order valence-electron chi connectivity index (χ4n) is 3.90. The minimum atomic E-state index is -0.864. The van der Waals surface area contributed by atoms with Crippen LogP contribution in [0.2, 0.25) is 0 Å². The summed E-state index contributed by atoms with van der Waals surface area (Å²) >= 11 is 0. The Morgan fingerprint density at radius 3 is 2.65 bits per heavy atom. The zero-order valence-corrected chi connectivity index (χ0v) is 13.1. The number of aliphatic imine (C=N–C) groups is 1. The van der Waals surface area contributed by atoms with Crippen molar-refractivity contribution in [1.82, 2.24) is 5.32 Å². The van der Waals surface area contributed by atoms with Gasteiger partial charge in [0.15, 0.2) is 6.17 Å². The predicted octanol–water partition coefficient (Wildman–Crippen LogP) is 2.66. The molecule has 118 valence electrons. The molecule has 1 heterocycles. The second-order valence-corrected chi connectivity index (χ2v) is 6.73. The molecule has 3 N–H and O–H groups in total. The smallest absolute Gasteiger partial charge is 0.263 e. The van der Waals surface area contributed by atoms with Crippen molar-refractivity contribution < 1.29 is 4.79 Å². The van der Waals surface area contributed by atoms with Crippen LogP contribution in [0, 0.1) is 5.41 Å². The minimum Gasteiger partial charge on any atom is -0.323 e. The lowest BCUT2D eigenvalue weighted by molar-refractivity contribution is -0.121. The van der Waals surface area contributed by atoms with Crippen LogP contribution in [0.3, 0.4) is 0 Å². The number of carbonyl (C=O) groups is 1. The normalized spacial score (nSPS) is 25.9. The summed E-state index contributed by atoms with van der Waals surface area (Å²) in [5.41, 5.74) is 9.91. The van der Waals surface area contributed by atoms with Crippen molar-refractivity contribution >= 4 is 11.6 Å². The third-order valence-corrected chi connectivity index (χ3v) is 5.15. The standard InChI is InChI=1S/C19H21N3O/c20-17-18(23)21-15-8-11-19(9-4-5-10-19)12-14(15)16(22-17)13-6-2-1-3-7-13/h1-3,6-8,12,17H,4-5,9-11,20H2,(H,21,23)/t17-/m0/s1. The molecule has 4 heteroatoms. The van der Waals surface area contributed by atoms with Gasteiger partial charge in [-0.05, 0) is 24.7 Å². The molecule has 0 saturated heterocycles. The molecule has 0 aromatic heterocycles. The number of carbonyl (C=O) groups excluding carboxylic acids is 1. The fraction of sp³-hybridized carbons (Fsp3) is 0.368. The molecule has 1 aromatic rings. The first kappa shape index (κ1) is 14.4. The summed E-state index contributed by atoms with van der Waals surface area (Å²) in [5.74, 6) is -0.240. The van der Waals surface area contributed by atoms with Crippen LogP contribution in [-0.2, 0) is 4.79 Å². The number of fused-ring (bicyclic) bond motifs is 1. The lowest BCUT2D eigenvalue weighted by Gasteiger charge is -2.30. The minimum absolute atomic E-state index is 0.230. The van der Waals surface area contributed by atoms with E-state index in [0.717, 1.165) is 29.0 Å². The average Bonchev–Trinajstić information content (AvgIpc) is 2.98. The average molecular weight is 307 g/mol. The van der Waals surface area contributed by atoms with Gasteiger partial charge < -0.3 is 11.1 Å². The number of benzene rings is 1. The van der Waals surface area contributed by atoms with Crippen LogP contribution < -0.4 is 11.1 Å². The third-order valence-electron chi connectivity index (χ3n) is 5.15. The molecule has 1 atom stereocenters. The number of hydrogen-bond acceptors (Lipinski definition) is 3. The van der Waals surface area contributed by atoms with Crippen LogP contribution >= 0.6 is 0 Å². The summed E-state index contributed by atoms with van der Waals surface area (Å²) in [6.07, 6.45) is 9.60. The van der Waals surface area contributed by atoms with Gasteiger partial charge in [-0.2, -0.15) is 0 Å². The van der Waals surface area contributed by atoms with Crippen molar-refractivity contribution in [3.8, 4) is 0 Å². The fourth-order valence-corrected chi connectivity index (χ4v) is 3.90. The monoisotopic (exact) mass is 307 g/mol. The van der Waals surface area contributed by atoms with Gasteiger partial charge in [-0.1, -0.05) is 55.3 Å². The zero-order chi connectivity index (χ0) is 15.9. The van der Waals surface area contributed by atoms with Gasteiger partial charge in [0.05, 0.1) is 5.71 Å². The van der Waals surface area contributed by atoms with E-state index in [1.165, 1.54) is 25.7 Å². The lowest BCUT2D eigenvalue weighted by atomic mass is 9.76. The number of nitrogens with two attached hydrogens (primary N) is 1. The van der Waals surface area contributed by atoms with Crippen molar-refractivity contribution in [3.05, 3.63) is 59.3 Å². The predicted molar refractivity (Wildman–Crippen MR) is 90.8 cm³/mol. The lowest BCUT2D eigenvalue weighted by Crippen LogP contribution is -2.37. The highest BCUT2D eigenvalue weighted by Crippen LogP contribution is 2.47. The van der Waals surface area contributed by atoms with E-state index in [4.69, 9.17) is 5.73 Å². The highest BCUT2D eigenvalue weighted by molar-refractivity contribution is 6.17. The molecule has 23 heavy (non-hydrogen) atoms. The summed E-state index contributed by atoms with van der Waals surface area (Å²) in [4.78, 5) is 16.7. The Kier molecular flexibility index (Phi) is 3.42. The first-order chi connectivity index (χ1) is 11.2. The van der Waals surface area contributed by atoms with Crippen LogP contribution in [0.5, 0.6) is 0 Å². The second kappa shape index (κ2) is 5.46. The number of hydrogen-bond donors (Lipinski definition) is 2. The molecule has 4 nitrogen and oxygen atoms in total. The van der Waals surface area contributed by atoms with E-state index in [9.17, 15) is 4.79 Å². The van der Waals surface area contributed by atoms with Crippen LogP contribution in [0.4, 0.5) is 0 Å². The van der Waals surface area contributed by atoms with Gasteiger partial charge in [-0.15, -0.1) is 0 Å². The zero-order valence-electron chi connectivity index (χ0n) is 13.1. The van der Waals surface area contributed by atoms with E-state index in [-0.39, 0.29) is 11.3 Å². The van der Waals surface area contributed by atoms with Gasteiger partial charge in [0.2, 0.25) is 0 Å². The van der Waals surface area contributed by atoms with Crippen LogP contribution in [0.15, 0.2) is 58.7 Å². The first-order valence-electron chi connectivity index (χ1n) is 8.30. The van der Waals surface area contributed by atoms with Crippen molar-refractivity contribution in [2.24, 2.45) is 16.1 Å². The van der Waals surface area contributed by atoms with Crippen LogP contribution in [0.1, 0.15) is 37.7 Å². The molecule has 3 aliphatic rings. The van der Waals surface area contributed by atoms with Crippen LogP contribution in [-0.4, -0.2) is 17.8 Å². The molecule has 1 aromatic carbocycles. The van der Waals surface area contributed by atoms with E-state index < -0.39 is 6.17 Å². The molecular formula is C19H21N3O. The van der Waals surface area contributed by atoms with E-state index in [1.54, 1.807) is 0 Å². The third kappa shape index (κ3) is 2.53. The van der Waals surface area contributed by atoms with Crippen molar-refractivity contribution in [2.45, 2.75) is 38.3 Å². The Labute approximate surface area is 136 Å². The molecule has 1 aliphatic heterocycles. The van der Waals surface area contributed by atoms with Gasteiger partial charge in [-0.3, -0.25) is 9.79 Å². The highest BCUT2D eigenvalue weighted by atomic mass is 16.2. The molecule has 1 spiro atoms. The number of nitrogens with zero attached hydrogens (tertiary/aromatic N) is 1. The quantitative estimate of drug-likeness (QED) is 0.837. The van der Waals surface area contributed by atoms with Gasteiger partial charge in [-0.25, -0.2) is 0 Å². The molecule has 0 bridgehead atoms. The Morgan fingerprint density at radius 1 is 1.17 bits per heavy atom. The van der Waals surface area contributed by atoms with E-state index in [2.05, 4.69) is 22.5 Å². The number of nitrogens with one attached hydrogen (secondary N) is 1. The van der Waals surface area contributed by atoms with Crippen LogP contribution in [0.25, 0.3) is 0 Å². The number of amides is 1. The molecular weight excluding hydrogens is 286 g/mol. The first-order valence-corrected chi connectivity index (χ1v) is 8.30.